The van der Waals surface area contributed by atoms with Gasteiger partial charge in [-0.25, -0.2) is 0 Å². The number of pyridine rings is 1. The zero-order valence-electron chi connectivity index (χ0n) is 16.6. The number of nitro groups is 1. The van der Waals surface area contributed by atoms with Crippen LogP contribution >= 0.6 is 46.3 Å². The molecule has 2 aromatic rings. The largest absolute Gasteiger partial charge is 0.396 e. The number of hydrogen-bond donors (Lipinski definition) is 2. The third-order valence-corrected chi connectivity index (χ3v) is 8.26. The number of piperidine rings is 1. The minimum Gasteiger partial charge on any atom is -0.396 e. The van der Waals surface area contributed by atoms with Crippen LogP contribution in [0.15, 0.2) is 27.6 Å². The Morgan fingerprint density at radius 3 is 2.65 bits per heavy atom. The number of aliphatic hydroxyl groups excluding tert-OH is 1. The first-order chi connectivity index (χ1) is 14.9. The standard InChI is InChI=1S/C19H22Cl2N4O4S2/c20-13-9-22-10-14(21)17(13)31-19-15(25(28)29)8-16(30-19)18(27)23-4-1-5-24-6-2-12(11-26)3-7-24/h8-10,12,26H,1-7,11H2,(H,23,27). The number of amides is 1. The Hall–Kier alpha value is -1.43. The van der Waals surface area contributed by atoms with Crippen molar-refractivity contribution in [3.05, 3.63) is 43.5 Å². The number of hydrogen-bond acceptors (Lipinski definition) is 8. The van der Waals surface area contributed by atoms with Crippen LogP contribution in [0, 0.1) is 16.0 Å². The van der Waals surface area contributed by atoms with Crippen LogP contribution in [-0.2, 0) is 0 Å². The molecule has 1 fully saturated rings. The van der Waals surface area contributed by atoms with Gasteiger partial charge in [0.05, 0.1) is 19.9 Å². The summed E-state index contributed by atoms with van der Waals surface area (Å²) >= 11 is 14.3. The van der Waals surface area contributed by atoms with Crippen molar-refractivity contribution in [3.8, 4) is 0 Å². The van der Waals surface area contributed by atoms with Crippen LogP contribution in [0.2, 0.25) is 10.0 Å². The number of carbonyl (C=O) groups is 1. The van der Waals surface area contributed by atoms with E-state index in [9.17, 15) is 20.0 Å². The fraction of sp³-hybridized carbons (Fsp3) is 0.474. The molecule has 0 aliphatic carbocycles. The zero-order valence-corrected chi connectivity index (χ0v) is 19.7. The highest BCUT2D eigenvalue weighted by Gasteiger charge is 2.25. The van der Waals surface area contributed by atoms with Crippen LogP contribution in [0.5, 0.6) is 0 Å². The van der Waals surface area contributed by atoms with Gasteiger partial charge in [-0.15, -0.1) is 11.3 Å². The summed E-state index contributed by atoms with van der Waals surface area (Å²) in [5.74, 6) is 0.0559. The van der Waals surface area contributed by atoms with Crippen LogP contribution in [0.4, 0.5) is 5.69 Å². The lowest BCUT2D eigenvalue weighted by Crippen LogP contribution is -2.36. The van der Waals surface area contributed by atoms with E-state index in [0.29, 0.717) is 21.6 Å². The second-order valence-electron chi connectivity index (χ2n) is 7.15. The molecule has 12 heteroatoms. The first-order valence-corrected chi connectivity index (χ1v) is 12.1. The van der Waals surface area contributed by atoms with Crippen LogP contribution in [0.1, 0.15) is 28.9 Å². The maximum absolute atomic E-state index is 12.5. The number of likely N-dealkylation sites (tertiary alicyclic amines) is 1. The number of carbonyl (C=O) groups excluding carboxylic acids is 1. The van der Waals surface area contributed by atoms with Crippen LogP contribution in [0.25, 0.3) is 0 Å². The third kappa shape index (κ3) is 6.53. The molecule has 3 heterocycles. The molecule has 168 valence electrons. The maximum Gasteiger partial charge on any atom is 0.294 e. The Morgan fingerprint density at radius 1 is 1.35 bits per heavy atom. The number of aromatic nitrogens is 1. The summed E-state index contributed by atoms with van der Waals surface area (Å²) in [5.41, 5.74) is -0.157. The Bertz CT molecular complexity index is 915. The molecule has 0 unspecified atom stereocenters. The van der Waals surface area contributed by atoms with Gasteiger partial charge in [-0.05, 0) is 44.8 Å². The summed E-state index contributed by atoms with van der Waals surface area (Å²) < 4.78 is 0.330. The average molecular weight is 505 g/mol. The van der Waals surface area contributed by atoms with E-state index in [2.05, 4.69) is 15.2 Å². The minimum atomic E-state index is -0.519. The lowest BCUT2D eigenvalue weighted by molar-refractivity contribution is -0.387. The van der Waals surface area contributed by atoms with Gasteiger partial charge in [-0.3, -0.25) is 19.9 Å². The van der Waals surface area contributed by atoms with Gasteiger partial charge in [-0.2, -0.15) is 0 Å². The summed E-state index contributed by atoms with van der Waals surface area (Å²) in [6, 6.07) is 1.28. The first kappa shape index (κ1) is 24.2. The van der Waals surface area contributed by atoms with Gasteiger partial charge in [0.2, 0.25) is 0 Å². The quantitative estimate of drug-likeness (QED) is 0.297. The van der Waals surface area contributed by atoms with E-state index in [0.717, 1.165) is 62.0 Å². The fourth-order valence-electron chi connectivity index (χ4n) is 3.25. The van der Waals surface area contributed by atoms with Crippen molar-refractivity contribution in [3.63, 3.8) is 0 Å². The van der Waals surface area contributed by atoms with Gasteiger partial charge in [0.15, 0.2) is 0 Å². The molecule has 0 radical (unpaired) electrons. The SMILES string of the molecule is O=C(NCCCN1CCC(CO)CC1)c1cc([N+](=O)[O-])c(Sc2c(Cl)cncc2Cl)s1. The number of rotatable bonds is 9. The molecule has 0 atom stereocenters. The van der Waals surface area contributed by atoms with Crippen molar-refractivity contribution in [2.45, 2.75) is 28.4 Å². The Morgan fingerprint density at radius 2 is 2.03 bits per heavy atom. The van der Waals surface area contributed by atoms with Gasteiger partial charge in [0, 0.05) is 31.6 Å². The van der Waals surface area contributed by atoms with Crippen molar-refractivity contribution >= 4 is 57.9 Å². The summed E-state index contributed by atoms with van der Waals surface area (Å²) in [6.45, 7) is 3.50. The number of thiophene rings is 1. The zero-order chi connectivity index (χ0) is 22.4. The van der Waals surface area contributed by atoms with Gasteiger partial charge >= 0.3 is 0 Å². The van der Waals surface area contributed by atoms with Crippen molar-refractivity contribution < 1.29 is 14.8 Å². The Kier molecular flexibility index (Phi) is 8.94. The van der Waals surface area contributed by atoms with Crippen LogP contribution in [0.3, 0.4) is 0 Å². The minimum absolute atomic E-state index is 0.157. The molecule has 0 spiro atoms. The number of halogens is 2. The monoisotopic (exact) mass is 504 g/mol. The molecule has 1 aliphatic rings. The number of aliphatic hydroxyl groups is 1. The molecule has 31 heavy (non-hydrogen) atoms. The van der Waals surface area contributed by atoms with E-state index in [-0.39, 0.29) is 33.1 Å². The van der Waals surface area contributed by atoms with Crippen LogP contribution < -0.4 is 5.32 Å². The number of nitrogens with one attached hydrogen (secondary N) is 1. The highest BCUT2D eigenvalue weighted by Crippen LogP contribution is 2.45. The lowest BCUT2D eigenvalue weighted by atomic mass is 9.98. The third-order valence-electron chi connectivity index (χ3n) is 5.01. The van der Waals surface area contributed by atoms with Crippen molar-refractivity contribution in [2.75, 3.05) is 32.8 Å². The van der Waals surface area contributed by atoms with Crippen molar-refractivity contribution in [1.29, 1.82) is 0 Å². The second kappa shape index (κ2) is 11.4. The predicted octanol–water partition coefficient (Wildman–Crippen LogP) is 4.33. The molecule has 1 aliphatic heterocycles. The van der Waals surface area contributed by atoms with E-state index in [1.54, 1.807) is 0 Å². The van der Waals surface area contributed by atoms with Gasteiger partial charge in [-0.1, -0.05) is 35.0 Å². The Balaban J connectivity index is 1.56. The van der Waals surface area contributed by atoms with E-state index in [4.69, 9.17) is 23.2 Å². The average Bonchev–Trinajstić information content (AvgIpc) is 3.19. The van der Waals surface area contributed by atoms with Crippen molar-refractivity contribution in [1.82, 2.24) is 15.2 Å². The summed E-state index contributed by atoms with van der Waals surface area (Å²) in [4.78, 5) is 30.4. The molecule has 0 bridgehead atoms. The normalized spacial score (nSPS) is 15.2. The molecular weight excluding hydrogens is 483 g/mol. The maximum atomic E-state index is 12.5. The lowest BCUT2D eigenvalue weighted by Gasteiger charge is -2.30. The first-order valence-electron chi connectivity index (χ1n) is 9.75. The van der Waals surface area contributed by atoms with Crippen molar-refractivity contribution in [2.24, 2.45) is 5.92 Å². The molecule has 0 aromatic carbocycles. The molecule has 8 nitrogen and oxygen atoms in total. The molecule has 1 saturated heterocycles. The van der Waals surface area contributed by atoms with E-state index in [1.165, 1.54) is 18.5 Å². The van der Waals surface area contributed by atoms with Gasteiger partial charge in [0.1, 0.15) is 9.09 Å². The smallest absolute Gasteiger partial charge is 0.294 e. The molecule has 2 aromatic heterocycles. The Labute approximate surface area is 198 Å². The highest BCUT2D eigenvalue weighted by atomic mass is 35.5. The molecule has 1 amide bonds. The van der Waals surface area contributed by atoms with Gasteiger partial charge < -0.3 is 15.3 Å². The summed E-state index contributed by atoms with van der Waals surface area (Å²) in [7, 11) is 0. The summed E-state index contributed by atoms with van der Waals surface area (Å²) in [6.07, 6.45) is 5.60. The molecular formula is C19H22Cl2N4O4S2. The predicted molar refractivity (Wildman–Crippen MR) is 123 cm³/mol. The summed E-state index contributed by atoms with van der Waals surface area (Å²) in [5, 5.41) is 24.1. The molecule has 0 saturated carbocycles. The number of nitrogens with zero attached hydrogens (tertiary/aromatic N) is 3. The van der Waals surface area contributed by atoms with E-state index >= 15 is 0 Å². The molecule has 2 N–H and O–H groups in total. The molecule has 3 rings (SSSR count). The van der Waals surface area contributed by atoms with E-state index in [1.807, 2.05) is 0 Å². The highest BCUT2D eigenvalue weighted by molar-refractivity contribution is 8.01. The topological polar surface area (TPSA) is 109 Å². The van der Waals surface area contributed by atoms with Crippen LogP contribution in [-0.4, -0.2) is 58.6 Å². The van der Waals surface area contributed by atoms with E-state index < -0.39 is 4.92 Å². The van der Waals surface area contributed by atoms with Gasteiger partial charge in [0.25, 0.3) is 11.6 Å². The fourth-order valence-corrected chi connectivity index (χ4v) is 6.03. The second-order valence-corrected chi connectivity index (χ2v) is 10.3.